The Labute approximate surface area is 209 Å². The Morgan fingerprint density at radius 3 is 2.06 bits per heavy atom. The van der Waals surface area contributed by atoms with Gasteiger partial charge in [0.15, 0.2) is 5.84 Å². The monoisotopic (exact) mass is 551 g/mol. The summed E-state index contributed by atoms with van der Waals surface area (Å²) < 4.78 is 79.5. The van der Waals surface area contributed by atoms with Crippen molar-refractivity contribution in [3.63, 3.8) is 0 Å². The standard InChI is InChI=1S/C22H13Cl2F6N3O3/c23-16-5-2-6-17(24)18(16)19(31-13-7-9-15(10-8-13)35-22(28,29)30)33-36-20(34)32-14-4-1-3-12(11-14)21(25,26)27/h1-11H,(H,31,33)(H,32,34). The molecule has 3 aromatic rings. The fourth-order valence-corrected chi connectivity index (χ4v) is 3.29. The average Bonchev–Trinajstić information content (AvgIpc) is 2.77. The minimum atomic E-state index is -4.89. The number of amides is 1. The second-order valence-electron chi connectivity index (χ2n) is 6.79. The van der Waals surface area contributed by atoms with Gasteiger partial charge in [0.1, 0.15) is 5.75 Å². The van der Waals surface area contributed by atoms with Crippen LogP contribution in [0, 0.1) is 0 Å². The maximum Gasteiger partial charge on any atom is 0.573 e. The molecule has 3 aromatic carbocycles. The number of amidine groups is 1. The first-order valence-electron chi connectivity index (χ1n) is 9.62. The molecular weight excluding hydrogens is 539 g/mol. The highest BCUT2D eigenvalue weighted by Crippen LogP contribution is 2.31. The number of alkyl halides is 6. The number of carbonyl (C=O) groups is 1. The lowest BCUT2D eigenvalue weighted by Crippen LogP contribution is -2.30. The van der Waals surface area contributed by atoms with E-state index in [2.05, 4.69) is 20.5 Å². The second kappa shape index (κ2) is 11.0. The Balaban J connectivity index is 1.82. The number of ether oxygens (including phenoxy) is 1. The van der Waals surface area contributed by atoms with Gasteiger partial charge in [0.2, 0.25) is 0 Å². The van der Waals surface area contributed by atoms with Gasteiger partial charge in [-0.15, -0.1) is 13.2 Å². The Kier molecular flexibility index (Phi) is 8.21. The summed E-state index contributed by atoms with van der Waals surface area (Å²) in [4.78, 5) is 21.2. The summed E-state index contributed by atoms with van der Waals surface area (Å²) >= 11 is 12.4. The third kappa shape index (κ3) is 7.68. The van der Waals surface area contributed by atoms with Crippen molar-refractivity contribution >= 4 is 46.5 Å². The molecule has 0 spiro atoms. The van der Waals surface area contributed by atoms with Gasteiger partial charge >= 0.3 is 18.6 Å². The topological polar surface area (TPSA) is 72.0 Å². The predicted octanol–water partition coefficient (Wildman–Crippen LogP) is 7.74. The fourth-order valence-electron chi connectivity index (χ4n) is 2.72. The van der Waals surface area contributed by atoms with Crippen LogP contribution >= 0.6 is 23.2 Å². The van der Waals surface area contributed by atoms with Gasteiger partial charge in [0, 0.05) is 5.69 Å². The zero-order chi connectivity index (χ0) is 26.5. The second-order valence-corrected chi connectivity index (χ2v) is 7.61. The summed E-state index contributed by atoms with van der Waals surface area (Å²) in [6, 6.07) is 12.6. The highest BCUT2D eigenvalue weighted by Gasteiger charge is 2.31. The molecule has 3 rings (SSSR count). The van der Waals surface area contributed by atoms with Crippen molar-refractivity contribution in [2.45, 2.75) is 12.5 Å². The Bertz CT molecular complexity index is 1240. The lowest BCUT2D eigenvalue weighted by Gasteiger charge is -2.14. The molecule has 0 aliphatic rings. The number of rotatable bonds is 4. The number of hydrogen-bond acceptors (Lipinski definition) is 4. The van der Waals surface area contributed by atoms with Crippen molar-refractivity contribution in [1.29, 1.82) is 0 Å². The van der Waals surface area contributed by atoms with Crippen molar-refractivity contribution in [3.05, 3.63) is 87.9 Å². The number of benzene rings is 3. The zero-order valence-electron chi connectivity index (χ0n) is 17.5. The number of aliphatic imine (C=N–C) groups is 1. The van der Waals surface area contributed by atoms with Gasteiger partial charge in [-0.05, 0) is 54.6 Å². The van der Waals surface area contributed by atoms with Crippen molar-refractivity contribution < 1.29 is 40.7 Å². The molecule has 0 fully saturated rings. The van der Waals surface area contributed by atoms with Gasteiger partial charge < -0.3 is 9.57 Å². The first-order valence-corrected chi connectivity index (χ1v) is 10.4. The molecule has 14 heteroatoms. The van der Waals surface area contributed by atoms with Crippen molar-refractivity contribution in [2.24, 2.45) is 4.99 Å². The van der Waals surface area contributed by atoms with E-state index < -0.39 is 29.9 Å². The predicted molar refractivity (Wildman–Crippen MR) is 120 cm³/mol. The Hall–Kier alpha value is -3.64. The summed E-state index contributed by atoms with van der Waals surface area (Å²) in [7, 11) is 0. The molecule has 0 heterocycles. The fraction of sp³-hybridized carbons (Fsp3) is 0.0909. The van der Waals surface area contributed by atoms with Crippen LogP contribution in [-0.4, -0.2) is 18.3 Å². The molecule has 190 valence electrons. The van der Waals surface area contributed by atoms with Crippen LogP contribution < -0.4 is 15.5 Å². The molecule has 0 atom stereocenters. The summed E-state index contributed by atoms with van der Waals surface area (Å²) in [5.74, 6) is -0.724. The molecule has 36 heavy (non-hydrogen) atoms. The van der Waals surface area contributed by atoms with E-state index in [1.54, 1.807) is 0 Å². The van der Waals surface area contributed by atoms with Gasteiger partial charge in [0.25, 0.3) is 0 Å². The van der Waals surface area contributed by atoms with Crippen molar-refractivity contribution in [1.82, 2.24) is 5.48 Å². The minimum Gasteiger partial charge on any atom is -0.406 e. The van der Waals surface area contributed by atoms with E-state index in [4.69, 9.17) is 28.0 Å². The van der Waals surface area contributed by atoms with Crippen LogP contribution in [-0.2, 0) is 11.0 Å². The SMILES string of the molecule is O=C(Nc1cccc(C(F)(F)F)c1)ONC(=Nc1ccc(OC(F)(F)F)cc1)c1c(Cl)cccc1Cl. The average molecular weight is 552 g/mol. The third-order valence-corrected chi connectivity index (χ3v) is 4.82. The molecule has 0 radical (unpaired) electrons. The molecule has 6 nitrogen and oxygen atoms in total. The number of anilines is 1. The van der Waals surface area contributed by atoms with Gasteiger partial charge in [-0.25, -0.2) is 9.79 Å². The number of carbonyl (C=O) groups excluding carboxylic acids is 1. The number of nitrogens with one attached hydrogen (secondary N) is 2. The molecule has 0 bridgehead atoms. The summed E-state index contributed by atoms with van der Waals surface area (Å²) in [6.45, 7) is 0. The number of hydroxylamine groups is 1. The van der Waals surface area contributed by atoms with E-state index >= 15 is 0 Å². The maximum absolute atomic E-state index is 12.9. The lowest BCUT2D eigenvalue weighted by molar-refractivity contribution is -0.274. The Morgan fingerprint density at radius 1 is 0.861 bits per heavy atom. The van der Waals surface area contributed by atoms with E-state index in [9.17, 15) is 31.1 Å². The van der Waals surface area contributed by atoms with Crippen LogP contribution in [0.25, 0.3) is 0 Å². The first kappa shape index (κ1) is 27.0. The minimum absolute atomic E-state index is 0.0725. The highest BCUT2D eigenvalue weighted by molar-refractivity contribution is 6.40. The Morgan fingerprint density at radius 2 is 1.47 bits per heavy atom. The van der Waals surface area contributed by atoms with Crippen LogP contribution in [0.4, 0.5) is 42.5 Å². The number of halogens is 8. The molecule has 0 saturated carbocycles. The first-order chi connectivity index (χ1) is 16.8. The van der Waals surface area contributed by atoms with E-state index in [0.717, 1.165) is 24.3 Å². The molecule has 2 N–H and O–H groups in total. The third-order valence-electron chi connectivity index (χ3n) is 4.19. The van der Waals surface area contributed by atoms with E-state index in [-0.39, 0.29) is 32.8 Å². The molecule has 0 aromatic heterocycles. The summed E-state index contributed by atoms with van der Waals surface area (Å²) in [5.41, 5.74) is 1.19. The maximum atomic E-state index is 12.9. The van der Waals surface area contributed by atoms with Gasteiger partial charge in [-0.2, -0.15) is 18.7 Å². The lowest BCUT2D eigenvalue weighted by atomic mass is 10.2. The van der Waals surface area contributed by atoms with E-state index in [1.165, 1.54) is 36.4 Å². The highest BCUT2D eigenvalue weighted by atomic mass is 35.5. The van der Waals surface area contributed by atoms with Crippen LogP contribution in [0.5, 0.6) is 5.75 Å². The quantitative estimate of drug-likeness (QED) is 0.150. The number of nitrogens with zero attached hydrogens (tertiary/aromatic N) is 1. The smallest absolute Gasteiger partial charge is 0.406 e. The van der Waals surface area contributed by atoms with Crippen molar-refractivity contribution in [2.75, 3.05) is 5.32 Å². The van der Waals surface area contributed by atoms with Crippen LogP contribution in [0.1, 0.15) is 11.1 Å². The van der Waals surface area contributed by atoms with Crippen LogP contribution in [0.2, 0.25) is 10.0 Å². The summed E-state index contributed by atoms with van der Waals surface area (Å²) in [6.07, 6.45) is -10.7. The molecule has 0 aliphatic carbocycles. The molecule has 1 amide bonds. The molecule has 0 saturated heterocycles. The van der Waals surface area contributed by atoms with Gasteiger partial charge in [-0.3, -0.25) is 5.32 Å². The molecular formula is C22H13Cl2F6N3O3. The normalized spacial score (nSPS) is 12.2. The van der Waals surface area contributed by atoms with Gasteiger partial charge in [-0.1, -0.05) is 35.3 Å². The van der Waals surface area contributed by atoms with Crippen LogP contribution in [0.3, 0.4) is 0 Å². The van der Waals surface area contributed by atoms with E-state index in [0.29, 0.717) is 6.07 Å². The van der Waals surface area contributed by atoms with E-state index in [1.807, 2.05) is 0 Å². The molecule has 0 aliphatic heterocycles. The zero-order valence-corrected chi connectivity index (χ0v) is 19.1. The molecule has 0 unspecified atom stereocenters. The van der Waals surface area contributed by atoms with Crippen molar-refractivity contribution in [3.8, 4) is 5.75 Å². The number of hydrogen-bond donors (Lipinski definition) is 2. The van der Waals surface area contributed by atoms with Crippen LogP contribution in [0.15, 0.2) is 71.7 Å². The van der Waals surface area contributed by atoms with Gasteiger partial charge in [0.05, 0.1) is 26.9 Å². The summed E-state index contributed by atoms with van der Waals surface area (Å²) in [5, 5.41) is 2.27. The largest absolute Gasteiger partial charge is 0.573 e.